The second kappa shape index (κ2) is 9.37. The van der Waals surface area contributed by atoms with Crippen LogP contribution in [-0.4, -0.2) is 20.7 Å². The number of nitrogens with one attached hydrogen (secondary N) is 3. The van der Waals surface area contributed by atoms with Gasteiger partial charge >= 0.3 is 0 Å². The summed E-state index contributed by atoms with van der Waals surface area (Å²) in [6, 6.07) is 18.9. The zero-order valence-electron chi connectivity index (χ0n) is 21.1. The highest BCUT2D eigenvalue weighted by molar-refractivity contribution is 7.92. The number of carbonyl (C=O) groups is 1. The number of sulfonamides is 1. The van der Waals surface area contributed by atoms with E-state index in [0.717, 1.165) is 46.5 Å². The Balaban J connectivity index is 1.43. The maximum absolute atomic E-state index is 13.2. The summed E-state index contributed by atoms with van der Waals surface area (Å²) in [5.74, 6) is 0.385. The number of hydrogen-bond acceptors (Lipinski definition) is 5. The molecule has 6 nitrogen and oxygen atoms in total. The Morgan fingerprint density at radius 1 is 0.944 bits per heavy atom. The number of benzene rings is 3. The van der Waals surface area contributed by atoms with Crippen LogP contribution in [0, 0.1) is 25.7 Å². The first-order valence-corrected chi connectivity index (χ1v) is 14.0. The van der Waals surface area contributed by atoms with Crippen LogP contribution in [0.1, 0.15) is 65.0 Å². The predicted octanol–water partition coefficient (Wildman–Crippen LogP) is 5.76. The summed E-state index contributed by atoms with van der Waals surface area (Å²) in [5, 5.41) is 7.25. The second-order valence-corrected chi connectivity index (χ2v) is 12.0. The molecule has 0 aliphatic carbocycles. The molecule has 2 aliphatic heterocycles. The van der Waals surface area contributed by atoms with Crippen molar-refractivity contribution >= 4 is 27.2 Å². The molecule has 2 aliphatic rings. The summed E-state index contributed by atoms with van der Waals surface area (Å²) in [5.41, 5.74) is 6.49. The van der Waals surface area contributed by atoms with Crippen LogP contribution in [0.3, 0.4) is 0 Å². The first-order chi connectivity index (χ1) is 17.1. The molecule has 3 N–H and O–H groups in total. The molecule has 36 heavy (non-hydrogen) atoms. The Labute approximate surface area is 213 Å². The lowest BCUT2D eigenvalue weighted by molar-refractivity contribution is 0.0939. The standard InChI is InChI=1S/C29H33N3O3S/c1-17(2)29(33)21-8-6-20(7-9-21)27-24-13-14-30-28(24)25-16-23(11-12-26(25)31-27)36(34,35)32-22-10-5-18(3)19(4)15-22/h5-12,15-17,24,27-28,30-32H,13-14H2,1-4H3. The minimum atomic E-state index is -3.73. The van der Waals surface area contributed by atoms with E-state index in [0.29, 0.717) is 5.69 Å². The van der Waals surface area contributed by atoms with Gasteiger partial charge in [-0.1, -0.05) is 44.2 Å². The van der Waals surface area contributed by atoms with Gasteiger partial charge in [-0.3, -0.25) is 9.52 Å². The topological polar surface area (TPSA) is 87.3 Å². The number of aryl methyl sites for hydroxylation is 2. The van der Waals surface area contributed by atoms with Crippen molar-refractivity contribution in [2.24, 2.45) is 11.8 Å². The van der Waals surface area contributed by atoms with Crippen molar-refractivity contribution in [3.63, 3.8) is 0 Å². The minimum Gasteiger partial charge on any atom is -0.378 e. The molecular weight excluding hydrogens is 470 g/mol. The van der Waals surface area contributed by atoms with Gasteiger partial charge in [0, 0.05) is 34.8 Å². The van der Waals surface area contributed by atoms with Crippen LogP contribution in [0.2, 0.25) is 0 Å². The van der Waals surface area contributed by atoms with Crippen LogP contribution in [-0.2, 0) is 10.0 Å². The molecule has 0 saturated carbocycles. The van der Waals surface area contributed by atoms with Gasteiger partial charge in [0.2, 0.25) is 0 Å². The zero-order valence-corrected chi connectivity index (χ0v) is 21.9. The zero-order chi connectivity index (χ0) is 25.6. The summed E-state index contributed by atoms with van der Waals surface area (Å²) < 4.78 is 29.2. The first-order valence-electron chi connectivity index (χ1n) is 12.5. The lowest BCUT2D eigenvalue weighted by Gasteiger charge is -2.37. The van der Waals surface area contributed by atoms with E-state index in [4.69, 9.17) is 0 Å². The van der Waals surface area contributed by atoms with Gasteiger partial charge in [0.05, 0.1) is 10.9 Å². The van der Waals surface area contributed by atoms with E-state index in [1.165, 1.54) is 0 Å². The van der Waals surface area contributed by atoms with Gasteiger partial charge in [-0.25, -0.2) is 8.42 Å². The van der Waals surface area contributed by atoms with Crippen molar-refractivity contribution in [3.8, 4) is 0 Å². The minimum absolute atomic E-state index is 0.0334. The average Bonchev–Trinajstić information content (AvgIpc) is 3.35. The first kappa shape index (κ1) is 24.5. The van der Waals surface area contributed by atoms with E-state index in [2.05, 4.69) is 15.4 Å². The number of rotatable bonds is 6. The fraction of sp³-hybridized carbons (Fsp3) is 0.345. The Hall–Kier alpha value is -3.16. The molecule has 0 bridgehead atoms. The fourth-order valence-corrected chi connectivity index (χ4v) is 6.42. The number of Topliss-reactive ketones (excluding diaryl/α,β-unsaturated/α-hetero) is 1. The maximum Gasteiger partial charge on any atom is 0.261 e. The molecule has 7 heteroatoms. The van der Waals surface area contributed by atoms with E-state index in [9.17, 15) is 13.2 Å². The largest absolute Gasteiger partial charge is 0.378 e. The monoisotopic (exact) mass is 503 g/mol. The quantitative estimate of drug-likeness (QED) is 0.372. The lowest BCUT2D eigenvalue weighted by Crippen LogP contribution is -2.32. The van der Waals surface area contributed by atoms with Gasteiger partial charge in [0.15, 0.2) is 5.78 Å². The summed E-state index contributed by atoms with van der Waals surface area (Å²) in [4.78, 5) is 12.6. The molecule has 188 valence electrons. The Morgan fingerprint density at radius 2 is 1.69 bits per heavy atom. The van der Waals surface area contributed by atoms with Crippen molar-refractivity contribution in [1.29, 1.82) is 0 Å². The van der Waals surface area contributed by atoms with Gasteiger partial charge in [0.25, 0.3) is 10.0 Å². The van der Waals surface area contributed by atoms with Crippen LogP contribution in [0.15, 0.2) is 65.6 Å². The number of anilines is 2. The van der Waals surface area contributed by atoms with Gasteiger partial charge in [0.1, 0.15) is 0 Å². The predicted molar refractivity (Wildman–Crippen MR) is 144 cm³/mol. The number of carbonyl (C=O) groups excluding carboxylic acids is 1. The molecule has 3 unspecified atom stereocenters. The summed E-state index contributed by atoms with van der Waals surface area (Å²) >= 11 is 0. The van der Waals surface area contributed by atoms with Crippen LogP contribution in [0.4, 0.5) is 11.4 Å². The van der Waals surface area contributed by atoms with Crippen molar-refractivity contribution in [1.82, 2.24) is 5.32 Å². The molecule has 1 fully saturated rings. The summed E-state index contributed by atoms with van der Waals surface area (Å²) in [6.45, 7) is 8.67. The third-order valence-corrected chi connectivity index (χ3v) is 8.89. The van der Waals surface area contributed by atoms with Crippen molar-refractivity contribution in [2.75, 3.05) is 16.6 Å². The highest BCUT2D eigenvalue weighted by Gasteiger charge is 2.40. The molecule has 0 radical (unpaired) electrons. The molecule has 3 aromatic rings. The third-order valence-electron chi connectivity index (χ3n) is 7.52. The molecule has 5 rings (SSSR count). The van der Waals surface area contributed by atoms with Crippen LogP contribution in [0.5, 0.6) is 0 Å². The molecular formula is C29H33N3O3S. The van der Waals surface area contributed by atoms with Crippen molar-refractivity contribution < 1.29 is 13.2 Å². The normalized spacial score (nSPS) is 21.0. The van der Waals surface area contributed by atoms with Gasteiger partial charge in [-0.15, -0.1) is 0 Å². The Kier molecular flexibility index (Phi) is 6.39. The Morgan fingerprint density at radius 3 is 2.39 bits per heavy atom. The molecule has 3 aromatic carbocycles. The maximum atomic E-state index is 13.2. The van der Waals surface area contributed by atoms with Crippen molar-refractivity contribution in [3.05, 3.63) is 88.5 Å². The van der Waals surface area contributed by atoms with Crippen LogP contribution in [0.25, 0.3) is 0 Å². The highest BCUT2D eigenvalue weighted by atomic mass is 32.2. The van der Waals surface area contributed by atoms with Gasteiger partial charge in [-0.05, 0) is 79.4 Å². The summed E-state index contributed by atoms with van der Waals surface area (Å²) in [6.07, 6.45) is 0.978. The van der Waals surface area contributed by atoms with E-state index >= 15 is 0 Å². The molecule has 0 amide bonds. The smallest absolute Gasteiger partial charge is 0.261 e. The summed E-state index contributed by atoms with van der Waals surface area (Å²) in [7, 11) is -3.73. The van der Waals surface area contributed by atoms with Crippen LogP contribution < -0.4 is 15.4 Å². The third kappa shape index (κ3) is 4.53. The molecule has 0 spiro atoms. The SMILES string of the molecule is Cc1ccc(NS(=O)(=O)c2ccc3c(c2)C2NCCC2C(c2ccc(C(=O)C(C)C)cc2)N3)cc1C. The van der Waals surface area contributed by atoms with E-state index in [1.54, 1.807) is 18.2 Å². The number of fused-ring (bicyclic) bond motifs is 3. The Bertz CT molecular complexity index is 1410. The molecule has 2 heterocycles. The van der Waals surface area contributed by atoms with E-state index in [-0.39, 0.29) is 34.6 Å². The van der Waals surface area contributed by atoms with E-state index < -0.39 is 10.0 Å². The van der Waals surface area contributed by atoms with Gasteiger partial charge in [-0.2, -0.15) is 0 Å². The highest BCUT2D eigenvalue weighted by Crippen LogP contribution is 2.47. The number of ketones is 1. The lowest BCUT2D eigenvalue weighted by atomic mass is 9.80. The van der Waals surface area contributed by atoms with Crippen LogP contribution >= 0.6 is 0 Å². The number of hydrogen-bond donors (Lipinski definition) is 3. The molecule has 3 atom stereocenters. The fourth-order valence-electron chi connectivity index (χ4n) is 5.33. The molecule has 0 aromatic heterocycles. The van der Waals surface area contributed by atoms with E-state index in [1.807, 2.05) is 70.2 Å². The van der Waals surface area contributed by atoms with Crippen molar-refractivity contribution in [2.45, 2.75) is 51.1 Å². The second-order valence-electron chi connectivity index (χ2n) is 10.3. The molecule has 1 saturated heterocycles. The van der Waals surface area contributed by atoms with Gasteiger partial charge < -0.3 is 10.6 Å². The average molecular weight is 504 g/mol.